The Bertz CT molecular complexity index is 1510. The van der Waals surface area contributed by atoms with E-state index in [4.69, 9.17) is 9.26 Å². The van der Waals surface area contributed by atoms with Gasteiger partial charge in [-0.1, -0.05) is 47.6 Å². The molecule has 1 unspecified atom stereocenters. The molecule has 182 valence electrons. The summed E-state index contributed by atoms with van der Waals surface area (Å²) in [5.74, 6) is 0.169. The molecule has 0 bridgehead atoms. The van der Waals surface area contributed by atoms with Crippen molar-refractivity contribution in [3.63, 3.8) is 0 Å². The predicted molar refractivity (Wildman–Crippen MR) is 139 cm³/mol. The molecule has 0 saturated carbocycles. The number of esters is 1. The number of nitrogens with one attached hydrogen (secondary N) is 1. The van der Waals surface area contributed by atoms with Crippen LogP contribution in [0.5, 0.6) is 0 Å². The number of rotatable bonds is 5. The fraction of sp³-hybridized carbons (Fsp3) is 0.276. The summed E-state index contributed by atoms with van der Waals surface area (Å²) in [6, 6.07) is 17.5. The monoisotopic (exact) mass is 481 g/mol. The van der Waals surface area contributed by atoms with Crippen molar-refractivity contribution in [3.05, 3.63) is 71.3 Å². The number of benzene rings is 3. The first-order chi connectivity index (χ1) is 17.6. The van der Waals surface area contributed by atoms with Crippen LogP contribution < -0.4 is 10.2 Å². The Morgan fingerprint density at radius 2 is 1.92 bits per heavy atom. The van der Waals surface area contributed by atoms with Crippen LogP contribution in [0.1, 0.15) is 41.3 Å². The van der Waals surface area contributed by atoms with E-state index >= 15 is 0 Å². The van der Waals surface area contributed by atoms with Crippen molar-refractivity contribution in [3.8, 4) is 11.3 Å². The molecule has 1 atom stereocenters. The number of aromatic nitrogens is 1. The second kappa shape index (κ2) is 8.82. The smallest absolute Gasteiger partial charge is 0.310 e. The molecule has 4 aromatic rings. The SMILES string of the molecule is CCOC(=O)C1CCCN(c2cc(Nc3ccccc3C)c3c4c(onc24)-c2ccccc2C3=O)C1. The Morgan fingerprint density at radius 3 is 2.72 bits per heavy atom. The van der Waals surface area contributed by atoms with E-state index in [1.807, 2.05) is 68.4 Å². The van der Waals surface area contributed by atoms with E-state index in [2.05, 4.69) is 15.4 Å². The first-order valence-corrected chi connectivity index (χ1v) is 12.4. The van der Waals surface area contributed by atoms with E-state index in [9.17, 15) is 9.59 Å². The molecule has 1 aromatic heterocycles. The first-order valence-electron chi connectivity index (χ1n) is 12.4. The number of ether oxygens (including phenoxy) is 1. The molecule has 1 saturated heterocycles. The number of anilines is 3. The van der Waals surface area contributed by atoms with E-state index < -0.39 is 0 Å². The minimum absolute atomic E-state index is 0.0584. The Labute approximate surface area is 209 Å². The summed E-state index contributed by atoms with van der Waals surface area (Å²) >= 11 is 0. The van der Waals surface area contributed by atoms with Gasteiger partial charge in [0.2, 0.25) is 0 Å². The number of ketones is 1. The molecular weight excluding hydrogens is 454 g/mol. The highest BCUT2D eigenvalue weighted by Crippen LogP contribution is 2.47. The summed E-state index contributed by atoms with van der Waals surface area (Å²) in [5.41, 5.74) is 6.10. The normalized spacial score (nSPS) is 16.7. The van der Waals surface area contributed by atoms with E-state index in [-0.39, 0.29) is 17.7 Å². The van der Waals surface area contributed by atoms with Gasteiger partial charge < -0.3 is 19.5 Å². The number of aryl methyl sites for hydroxylation is 1. The molecule has 2 aliphatic rings. The summed E-state index contributed by atoms with van der Waals surface area (Å²) in [7, 11) is 0. The molecule has 1 aliphatic heterocycles. The molecule has 6 rings (SSSR count). The summed E-state index contributed by atoms with van der Waals surface area (Å²) in [6.07, 6.45) is 1.65. The Morgan fingerprint density at radius 1 is 1.14 bits per heavy atom. The van der Waals surface area contributed by atoms with Gasteiger partial charge in [0.25, 0.3) is 0 Å². The summed E-state index contributed by atoms with van der Waals surface area (Å²) in [4.78, 5) is 28.5. The predicted octanol–water partition coefficient (Wildman–Crippen LogP) is 5.87. The van der Waals surface area contributed by atoms with Crippen LogP contribution in [0.3, 0.4) is 0 Å². The average molecular weight is 482 g/mol. The van der Waals surface area contributed by atoms with Gasteiger partial charge in [0.1, 0.15) is 5.52 Å². The van der Waals surface area contributed by atoms with Crippen molar-refractivity contribution in [2.45, 2.75) is 26.7 Å². The molecule has 3 aromatic carbocycles. The van der Waals surface area contributed by atoms with Crippen LogP contribution >= 0.6 is 0 Å². The van der Waals surface area contributed by atoms with Crippen LogP contribution in [0, 0.1) is 12.8 Å². The number of carbonyl (C=O) groups is 2. The molecule has 0 spiro atoms. The Hall–Kier alpha value is -4.13. The maximum atomic E-state index is 13.8. The second-order valence-electron chi connectivity index (χ2n) is 9.41. The van der Waals surface area contributed by atoms with Gasteiger partial charge in [-0.15, -0.1) is 0 Å². The number of nitrogens with zero attached hydrogens (tertiary/aromatic N) is 2. The van der Waals surface area contributed by atoms with Crippen LogP contribution in [0.2, 0.25) is 0 Å². The number of piperidine rings is 1. The number of hydrogen-bond donors (Lipinski definition) is 1. The van der Waals surface area contributed by atoms with E-state index in [1.165, 1.54) is 0 Å². The molecular formula is C29H27N3O4. The van der Waals surface area contributed by atoms with E-state index in [0.29, 0.717) is 46.6 Å². The van der Waals surface area contributed by atoms with Crippen molar-refractivity contribution in [2.24, 2.45) is 5.92 Å². The van der Waals surface area contributed by atoms with Gasteiger partial charge in [0.05, 0.1) is 34.8 Å². The maximum Gasteiger partial charge on any atom is 0.310 e. The van der Waals surface area contributed by atoms with Crippen molar-refractivity contribution in [1.29, 1.82) is 0 Å². The summed E-state index contributed by atoms with van der Waals surface area (Å²) in [6.45, 7) is 5.54. The Balaban J connectivity index is 1.54. The minimum atomic E-state index is -0.206. The van der Waals surface area contributed by atoms with Crippen molar-refractivity contribution >= 4 is 39.7 Å². The molecule has 1 aliphatic carbocycles. The molecule has 0 amide bonds. The fourth-order valence-corrected chi connectivity index (χ4v) is 5.39. The zero-order valence-corrected chi connectivity index (χ0v) is 20.3. The van der Waals surface area contributed by atoms with Gasteiger partial charge >= 0.3 is 5.97 Å². The summed E-state index contributed by atoms with van der Waals surface area (Å²) < 4.78 is 11.2. The zero-order chi connectivity index (χ0) is 24.8. The van der Waals surface area contributed by atoms with Gasteiger partial charge in [0.15, 0.2) is 11.5 Å². The number of carbonyl (C=O) groups excluding carboxylic acids is 2. The average Bonchev–Trinajstić information content (AvgIpc) is 3.34. The second-order valence-corrected chi connectivity index (χ2v) is 9.41. The third-order valence-corrected chi connectivity index (χ3v) is 7.17. The number of para-hydroxylation sites is 1. The van der Waals surface area contributed by atoms with Crippen molar-refractivity contribution < 1.29 is 18.8 Å². The fourth-order valence-electron chi connectivity index (χ4n) is 5.39. The lowest BCUT2D eigenvalue weighted by atomic mass is 9.86. The van der Waals surface area contributed by atoms with Gasteiger partial charge in [0, 0.05) is 29.9 Å². The zero-order valence-electron chi connectivity index (χ0n) is 20.3. The molecule has 1 N–H and O–H groups in total. The Kier molecular flexibility index (Phi) is 5.48. The maximum absolute atomic E-state index is 13.8. The van der Waals surface area contributed by atoms with E-state index in [0.717, 1.165) is 41.9 Å². The molecule has 36 heavy (non-hydrogen) atoms. The van der Waals surface area contributed by atoms with Crippen LogP contribution in [0.15, 0.2) is 59.1 Å². The van der Waals surface area contributed by atoms with Crippen LogP contribution in [-0.2, 0) is 9.53 Å². The number of hydrogen-bond acceptors (Lipinski definition) is 7. The standard InChI is InChI=1S/C29H27N3O4/c1-3-35-29(34)18-10-8-14-32(16-18)23-15-22(30-21-13-7-4-9-17(21)2)24-25-26(23)31-36-28(25)20-12-6-5-11-19(20)27(24)33/h4-7,9,11-13,15,18,30H,3,8,10,14,16H2,1-2H3. The van der Waals surface area contributed by atoms with Crippen LogP contribution in [0.4, 0.5) is 17.1 Å². The highest BCUT2D eigenvalue weighted by molar-refractivity contribution is 6.28. The van der Waals surface area contributed by atoms with Crippen LogP contribution in [-0.4, -0.2) is 36.6 Å². The molecule has 0 radical (unpaired) electrons. The topological polar surface area (TPSA) is 84.7 Å². The van der Waals surface area contributed by atoms with Crippen molar-refractivity contribution in [1.82, 2.24) is 5.16 Å². The van der Waals surface area contributed by atoms with Gasteiger partial charge in [-0.3, -0.25) is 9.59 Å². The van der Waals surface area contributed by atoms with Gasteiger partial charge in [-0.25, -0.2) is 0 Å². The highest BCUT2D eigenvalue weighted by Gasteiger charge is 2.35. The third kappa shape index (κ3) is 3.54. The molecule has 7 heteroatoms. The number of fused-ring (bicyclic) bond motifs is 2. The molecule has 2 heterocycles. The lowest BCUT2D eigenvalue weighted by Gasteiger charge is -2.34. The first kappa shape index (κ1) is 22.3. The van der Waals surface area contributed by atoms with Gasteiger partial charge in [-0.05, 0) is 44.4 Å². The lowest BCUT2D eigenvalue weighted by molar-refractivity contribution is -0.148. The molecule has 7 nitrogen and oxygen atoms in total. The van der Waals surface area contributed by atoms with Gasteiger partial charge in [-0.2, -0.15) is 0 Å². The highest BCUT2D eigenvalue weighted by atomic mass is 16.5. The largest absolute Gasteiger partial charge is 0.466 e. The van der Waals surface area contributed by atoms with E-state index in [1.54, 1.807) is 0 Å². The summed E-state index contributed by atoms with van der Waals surface area (Å²) in [5, 5.41) is 8.69. The lowest BCUT2D eigenvalue weighted by Crippen LogP contribution is -2.39. The third-order valence-electron chi connectivity index (χ3n) is 7.17. The van der Waals surface area contributed by atoms with Crippen LogP contribution in [0.25, 0.3) is 22.2 Å². The molecule has 1 fully saturated rings. The quantitative estimate of drug-likeness (QED) is 0.314. The minimum Gasteiger partial charge on any atom is -0.466 e. The van der Waals surface area contributed by atoms with Crippen molar-refractivity contribution in [2.75, 3.05) is 29.9 Å².